The lowest BCUT2D eigenvalue weighted by Crippen LogP contribution is -2.01. The lowest BCUT2D eigenvalue weighted by Gasteiger charge is -2.06. The zero-order valence-electron chi connectivity index (χ0n) is 9.68. The van der Waals surface area contributed by atoms with Gasteiger partial charge in [0.1, 0.15) is 0 Å². The number of nitrogens with zero attached hydrogens (tertiary/aromatic N) is 3. The normalized spacial score (nSPS) is 14.8. The maximum absolute atomic E-state index is 8.88. The number of benzene rings is 1. The van der Waals surface area contributed by atoms with Crippen LogP contribution in [0.4, 0.5) is 0 Å². The lowest BCUT2D eigenvalue weighted by atomic mass is 10.2. The van der Waals surface area contributed by atoms with E-state index in [2.05, 4.69) is 15.6 Å². The Bertz CT molecular complexity index is 605. The number of hydrogen-bond donors (Lipinski definition) is 0. The minimum atomic E-state index is 0.523. The van der Waals surface area contributed by atoms with Gasteiger partial charge in [0.15, 0.2) is 0 Å². The van der Waals surface area contributed by atoms with Crippen LogP contribution in [0.5, 0.6) is 6.01 Å². The summed E-state index contributed by atoms with van der Waals surface area (Å²) in [5.41, 5.74) is 2.55. The number of ether oxygens (including phenoxy) is 1. The molecule has 1 aliphatic rings. The Kier molecular flexibility index (Phi) is 2.25. The Hall–Kier alpha value is -2.02. The summed E-state index contributed by atoms with van der Waals surface area (Å²) in [6.07, 6.45) is 2.37. The number of hydrogen-bond acceptors (Lipinski definition) is 3. The van der Waals surface area contributed by atoms with Crippen LogP contribution in [0.1, 0.15) is 31.4 Å². The van der Waals surface area contributed by atoms with Crippen molar-refractivity contribution in [2.24, 2.45) is 0 Å². The lowest BCUT2D eigenvalue weighted by molar-refractivity contribution is 0.299. The first-order valence-corrected chi connectivity index (χ1v) is 5.88. The van der Waals surface area contributed by atoms with E-state index >= 15 is 0 Å². The fourth-order valence-electron chi connectivity index (χ4n) is 2.06. The van der Waals surface area contributed by atoms with Crippen molar-refractivity contribution in [3.63, 3.8) is 0 Å². The van der Waals surface area contributed by atoms with Crippen molar-refractivity contribution in [1.82, 2.24) is 9.55 Å². The molecule has 4 nitrogen and oxygen atoms in total. The smallest absolute Gasteiger partial charge is 0.297 e. The van der Waals surface area contributed by atoms with E-state index < -0.39 is 0 Å². The van der Waals surface area contributed by atoms with E-state index in [1.54, 1.807) is 0 Å². The summed E-state index contributed by atoms with van der Waals surface area (Å²) in [6, 6.07) is 8.95. The molecule has 0 aliphatic heterocycles. The monoisotopic (exact) mass is 227 g/mol. The Morgan fingerprint density at radius 2 is 2.35 bits per heavy atom. The average Bonchev–Trinajstić information content (AvgIpc) is 3.11. The first-order chi connectivity index (χ1) is 8.33. The van der Waals surface area contributed by atoms with E-state index in [0.29, 0.717) is 24.2 Å². The molecule has 0 atom stereocenters. The van der Waals surface area contributed by atoms with Crippen LogP contribution in [0.15, 0.2) is 18.2 Å². The second kappa shape index (κ2) is 3.77. The second-order valence-corrected chi connectivity index (χ2v) is 4.24. The molecule has 1 aliphatic carbocycles. The summed E-state index contributed by atoms with van der Waals surface area (Å²) in [5, 5.41) is 8.88. The number of nitriles is 1. The van der Waals surface area contributed by atoms with Gasteiger partial charge in [-0.25, -0.2) is 0 Å². The molecule has 4 heteroatoms. The predicted octanol–water partition coefficient (Wildman–Crippen LogP) is 2.64. The minimum absolute atomic E-state index is 0.523. The molecular weight excluding hydrogens is 214 g/mol. The molecule has 1 aromatic carbocycles. The average molecular weight is 227 g/mol. The minimum Gasteiger partial charge on any atom is -0.465 e. The molecule has 1 heterocycles. The van der Waals surface area contributed by atoms with Gasteiger partial charge in [-0.1, -0.05) is 0 Å². The van der Waals surface area contributed by atoms with Crippen LogP contribution >= 0.6 is 0 Å². The fourth-order valence-corrected chi connectivity index (χ4v) is 2.06. The first-order valence-electron chi connectivity index (χ1n) is 5.88. The molecule has 86 valence electrons. The molecule has 1 saturated carbocycles. The molecule has 0 saturated heterocycles. The third-order valence-corrected chi connectivity index (χ3v) is 2.97. The molecule has 0 radical (unpaired) electrons. The molecule has 0 amide bonds. The molecule has 2 aromatic rings. The predicted molar refractivity (Wildman–Crippen MR) is 63.9 cm³/mol. The zero-order valence-corrected chi connectivity index (χ0v) is 9.68. The van der Waals surface area contributed by atoms with Gasteiger partial charge in [-0.15, -0.1) is 0 Å². The summed E-state index contributed by atoms with van der Waals surface area (Å²) < 4.78 is 7.72. The molecule has 17 heavy (non-hydrogen) atoms. The summed E-state index contributed by atoms with van der Waals surface area (Å²) in [7, 11) is 0. The van der Waals surface area contributed by atoms with Crippen LogP contribution in [0.25, 0.3) is 11.0 Å². The number of fused-ring (bicyclic) bond motifs is 1. The van der Waals surface area contributed by atoms with Crippen LogP contribution in [0, 0.1) is 11.3 Å². The molecule has 0 bridgehead atoms. The molecule has 3 rings (SSSR count). The van der Waals surface area contributed by atoms with Crippen LogP contribution in [0.3, 0.4) is 0 Å². The fraction of sp³-hybridized carbons (Fsp3) is 0.385. The third kappa shape index (κ3) is 1.64. The molecular formula is C13H13N3O. The van der Waals surface area contributed by atoms with Crippen molar-refractivity contribution < 1.29 is 4.74 Å². The maximum atomic E-state index is 8.88. The molecule has 1 fully saturated rings. The Balaban J connectivity index is 2.19. The van der Waals surface area contributed by atoms with Gasteiger partial charge in [0.05, 0.1) is 29.3 Å². The number of imidazole rings is 1. The highest BCUT2D eigenvalue weighted by Gasteiger charge is 2.28. The standard InChI is InChI=1S/C13H13N3O/c1-2-17-13-15-11-7-9(8-14)3-6-12(11)16(13)10-4-5-10/h3,6-7,10H,2,4-5H2,1H3. The second-order valence-electron chi connectivity index (χ2n) is 4.24. The van der Waals surface area contributed by atoms with Crippen molar-refractivity contribution in [1.29, 1.82) is 5.26 Å². The van der Waals surface area contributed by atoms with Gasteiger partial charge in [-0.2, -0.15) is 10.2 Å². The van der Waals surface area contributed by atoms with E-state index in [9.17, 15) is 0 Å². The Labute approximate surface area is 99.4 Å². The van der Waals surface area contributed by atoms with Crippen molar-refractivity contribution in [2.75, 3.05) is 6.61 Å². The van der Waals surface area contributed by atoms with Gasteiger partial charge >= 0.3 is 0 Å². The Morgan fingerprint density at radius 3 is 3.00 bits per heavy atom. The number of rotatable bonds is 3. The van der Waals surface area contributed by atoms with Gasteiger partial charge in [-0.3, -0.25) is 4.57 Å². The van der Waals surface area contributed by atoms with Crippen molar-refractivity contribution in [2.45, 2.75) is 25.8 Å². The third-order valence-electron chi connectivity index (χ3n) is 2.97. The topological polar surface area (TPSA) is 50.8 Å². The zero-order chi connectivity index (χ0) is 11.8. The summed E-state index contributed by atoms with van der Waals surface area (Å²) >= 11 is 0. The van der Waals surface area contributed by atoms with E-state index in [-0.39, 0.29) is 0 Å². The van der Waals surface area contributed by atoms with Crippen LogP contribution in [-0.4, -0.2) is 16.2 Å². The van der Waals surface area contributed by atoms with E-state index in [4.69, 9.17) is 10.00 Å². The molecule has 0 N–H and O–H groups in total. The first kappa shape index (κ1) is 10.2. The van der Waals surface area contributed by atoms with Crippen LogP contribution < -0.4 is 4.74 Å². The van der Waals surface area contributed by atoms with Gasteiger partial charge in [-0.05, 0) is 38.0 Å². The largest absolute Gasteiger partial charge is 0.465 e. The van der Waals surface area contributed by atoms with Crippen LogP contribution in [0.2, 0.25) is 0 Å². The molecule has 0 spiro atoms. The van der Waals surface area contributed by atoms with E-state index in [1.807, 2.05) is 25.1 Å². The van der Waals surface area contributed by atoms with Crippen molar-refractivity contribution >= 4 is 11.0 Å². The highest BCUT2D eigenvalue weighted by molar-refractivity contribution is 5.78. The molecule has 1 aromatic heterocycles. The summed E-state index contributed by atoms with van der Waals surface area (Å²) in [5.74, 6) is 0. The summed E-state index contributed by atoms with van der Waals surface area (Å²) in [6.45, 7) is 2.57. The van der Waals surface area contributed by atoms with Gasteiger partial charge in [0.25, 0.3) is 6.01 Å². The SMILES string of the molecule is CCOc1nc2cc(C#N)ccc2n1C1CC1. The van der Waals surface area contributed by atoms with E-state index in [0.717, 1.165) is 11.0 Å². The summed E-state index contributed by atoms with van der Waals surface area (Å²) in [4.78, 5) is 4.46. The quantitative estimate of drug-likeness (QED) is 0.809. The Morgan fingerprint density at radius 1 is 1.53 bits per heavy atom. The van der Waals surface area contributed by atoms with Crippen molar-refractivity contribution in [3.8, 4) is 12.1 Å². The van der Waals surface area contributed by atoms with Gasteiger partial charge in [0.2, 0.25) is 0 Å². The van der Waals surface area contributed by atoms with Gasteiger partial charge in [0, 0.05) is 6.04 Å². The van der Waals surface area contributed by atoms with Crippen LogP contribution in [-0.2, 0) is 0 Å². The highest BCUT2D eigenvalue weighted by Crippen LogP contribution is 2.40. The maximum Gasteiger partial charge on any atom is 0.297 e. The van der Waals surface area contributed by atoms with Crippen molar-refractivity contribution in [3.05, 3.63) is 23.8 Å². The molecule has 0 unspecified atom stereocenters. The van der Waals surface area contributed by atoms with E-state index in [1.165, 1.54) is 12.8 Å². The highest BCUT2D eigenvalue weighted by atomic mass is 16.5. The number of aromatic nitrogens is 2. The van der Waals surface area contributed by atoms with Gasteiger partial charge < -0.3 is 4.74 Å².